The van der Waals surface area contributed by atoms with E-state index in [2.05, 4.69) is 20.5 Å². The number of rotatable bonds is 8. The number of benzene rings is 2. The molecule has 10 heteroatoms. The van der Waals surface area contributed by atoms with Gasteiger partial charge in [-0.05, 0) is 42.5 Å². The van der Waals surface area contributed by atoms with E-state index < -0.39 is 0 Å². The van der Waals surface area contributed by atoms with Gasteiger partial charge in [-0.2, -0.15) is 0 Å². The molecule has 1 N–H and O–H groups in total. The molecule has 0 bridgehead atoms. The van der Waals surface area contributed by atoms with Gasteiger partial charge in [-0.25, -0.2) is 0 Å². The highest BCUT2D eigenvalue weighted by Gasteiger charge is 2.18. The molecular formula is C23H20ClN5O3S. The zero-order valence-corrected chi connectivity index (χ0v) is 19.4. The highest BCUT2D eigenvalue weighted by Crippen LogP contribution is 2.31. The summed E-state index contributed by atoms with van der Waals surface area (Å²) in [5.74, 6) is 1.64. The Kier molecular flexibility index (Phi) is 7.11. The van der Waals surface area contributed by atoms with Crippen LogP contribution in [0.1, 0.15) is 0 Å². The molecule has 0 aliphatic heterocycles. The lowest BCUT2D eigenvalue weighted by molar-refractivity contribution is -0.113. The molecule has 0 aliphatic carbocycles. The van der Waals surface area contributed by atoms with Gasteiger partial charge in [0.15, 0.2) is 11.0 Å². The number of methoxy groups -OCH3 is 2. The fourth-order valence-electron chi connectivity index (χ4n) is 3.11. The fraction of sp³-hybridized carbons (Fsp3) is 0.130. The monoisotopic (exact) mass is 481 g/mol. The van der Waals surface area contributed by atoms with Crippen molar-refractivity contribution in [1.82, 2.24) is 19.7 Å². The van der Waals surface area contributed by atoms with E-state index in [0.29, 0.717) is 33.2 Å². The van der Waals surface area contributed by atoms with Gasteiger partial charge in [0.2, 0.25) is 5.91 Å². The second-order valence-electron chi connectivity index (χ2n) is 6.77. The number of carbonyl (C=O) groups excluding carboxylic acids is 1. The Morgan fingerprint density at radius 2 is 1.97 bits per heavy atom. The molecule has 0 spiro atoms. The lowest BCUT2D eigenvalue weighted by atomic mass is 10.2. The largest absolute Gasteiger partial charge is 0.497 e. The first-order chi connectivity index (χ1) is 16.1. The number of anilines is 1. The smallest absolute Gasteiger partial charge is 0.234 e. The number of carbonyl (C=O) groups is 1. The van der Waals surface area contributed by atoms with Crippen molar-refractivity contribution in [3.8, 4) is 28.6 Å². The predicted molar refractivity (Wildman–Crippen MR) is 128 cm³/mol. The van der Waals surface area contributed by atoms with Gasteiger partial charge in [0.25, 0.3) is 0 Å². The molecule has 2 aromatic heterocycles. The molecule has 0 unspecified atom stereocenters. The Balaban J connectivity index is 1.57. The zero-order chi connectivity index (χ0) is 23.2. The van der Waals surface area contributed by atoms with Crippen LogP contribution in [0.25, 0.3) is 17.1 Å². The van der Waals surface area contributed by atoms with Crippen molar-refractivity contribution in [2.45, 2.75) is 5.16 Å². The Morgan fingerprint density at radius 1 is 1.09 bits per heavy atom. The Bertz CT molecular complexity index is 1270. The van der Waals surface area contributed by atoms with Crippen LogP contribution in [0.5, 0.6) is 11.5 Å². The molecule has 2 heterocycles. The minimum Gasteiger partial charge on any atom is -0.497 e. The van der Waals surface area contributed by atoms with Gasteiger partial charge in [0.1, 0.15) is 11.5 Å². The molecule has 8 nitrogen and oxygen atoms in total. The maximum atomic E-state index is 12.7. The maximum Gasteiger partial charge on any atom is 0.234 e. The summed E-state index contributed by atoms with van der Waals surface area (Å²) in [5, 5.41) is 12.7. The summed E-state index contributed by atoms with van der Waals surface area (Å²) in [7, 11) is 3.10. The Hall–Kier alpha value is -3.56. The lowest BCUT2D eigenvalue weighted by Gasteiger charge is -2.12. The molecule has 4 aromatic rings. The van der Waals surface area contributed by atoms with Gasteiger partial charge in [-0.15, -0.1) is 10.2 Å². The van der Waals surface area contributed by atoms with E-state index in [1.165, 1.54) is 18.9 Å². The number of amides is 1. The van der Waals surface area contributed by atoms with Crippen molar-refractivity contribution < 1.29 is 14.3 Å². The number of pyridine rings is 1. The van der Waals surface area contributed by atoms with E-state index in [1.54, 1.807) is 43.8 Å². The second-order valence-corrected chi connectivity index (χ2v) is 8.15. The van der Waals surface area contributed by atoms with Crippen LogP contribution >= 0.6 is 23.4 Å². The van der Waals surface area contributed by atoms with Crippen LogP contribution in [0.2, 0.25) is 5.02 Å². The average Bonchev–Trinajstić information content (AvgIpc) is 3.27. The summed E-state index contributed by atoms with van der Waals surface area (Å²) in [6.45, 7) is 0. The first-order valence-electron chi connectivity index (χ1n) is 9.85. The van der Waals surface area contributed by atoms with E-state index in [0.717, 1.165) is 11.3 Å². The van der Waals surface area contributed by atoms with E-state index in [1.807, 2.05) is 34.9 Å². The van der Waals surface area contributed by atoms with Gasteiger partial charge in [0, 0.05) is 29.0 Å². The lowest BCUT2D eigenvalue weighted by Crippen LogP contribution is -2.15. The topological polar surface area (TPSA) is 91.2 Å². The van der Waals surface area contributed by atoms with Crippen molar-refractivity contribution in [3.05, 3.63) is 72.0 Å². The Labute approximate surface area is 199 Å². The summed E-state index contributed by atoms with van der Waals surface area (Å²) < 4.78 is 12.4. The van der Waals surface area contributed by atoms with E-state index in [-0.39, 0.29) is 11.7 Å². The second kappa shape index (κ2) is 10.4. The molecule has 33 heavy (non-hydrogen) atoms. The van der Waals surface area contributed by atoms with Crippen molar-refractivity contribution in [2.24, 2.45) is 0 Å². The van der Waals surface area contributed by atoms with Crippen molar-refractivity contribution in [3.63, 3.8) is 0 Å². The van der Waals surface area contributed by atoms with E-state index in [9.17, 15) is 4.79 Å². The van der Waals surface area contributed by atoms with Crippen LogP contribution in [-0.4, -0.2) is 45.6 Å². The van der Waals surface area contributed by atoms with Gasteiger partial charge in [-0.1, -0.05) is 29.4 Å². The molecule has 0 saturated heterocycles. The van der Waals surface area contributed by atoms with Gasteiger partial charge >= 0.3 is 0 Å². The van der Waals surface area contributed by atoms with Crippen LogP contribution in [-0.2, 0) is 4.79 Å². The number of nitrogens with zero attached hydrogens (tertiary/aromatic N) is 4. The molecule has 4 rings (SSSR count). The minimum absolute atomic E-state index is 0.112. The molecule has 2 aromatic carbocycles. The van der Waals surface area contributed by atoms with Gasteiger partial charge in [-0.3, -0.25) is 14.3 Å². The third-order valence-corrected chi connectivity index (χ3v) is 5.80. The zero-order valence-electron chi connectivity index (χ0n) is 17.9. The number of hydrogen-bond donors (Lipinski definition) is 1. The number of nitrogens with one attached hydrogen (secondary N) is 1. The van der Waals surface area contributed by atoms with Gasteiger partial charge in [0.05, 0.1) is 31.3 Å². The van der Waals surface area contributed by atoms with Crippen LogP contribution in [0, 0.1) is 0 Å². The van der Waals surface area contributed by atoms with Crippen LogP contribution < -0.4 is 14.8 Å². The van der Waals surface area contributed by atoms with Gasteiger partial charge < -0.3 is 14.8 Å². The third kappa shape index (κ3) is 5.27. The summed E-state index contributed by atoms with van der Waals surface area (Å²) >= 11 is 7.48. The minimum atomic E-state index is -0.216. The van der Waals surface area contributed by atoms with Crippen LogP contribution in [0.15, 0.2) is 72.1 Å². The highest BCUT2D eigenvalue weighted by atomic mass is 35.5. The molecule has 0 radical (unpaired) electrons. The summed E-state index contributed by atoms with van der Waals surface area (Å²) in [4.78, 5) is 16.9. The SMILES string of the molecule is COc1ccc(NC(=O)CSc2nnc(-c3cccnc3)n2-c2cccc(Cl)c2)c(OC)c1. The van der Waals surface area contributed by atoms with Crippen molar-refractivity contribution in [1.29, 1.82) is 0 Å². The Morgan fingerprint density at radius 3 is 2.70 bits per heavy atom. The molecule has 0 fully saturated rings. The number of ether oxygens (including phenoxy) is 2. The fourth-order valence-corrected chi connectivity index (χ4v) is 4.05. The van der Waals surface area contributed by atoms with Crippen LogP contribution in [0.4, 0.5) is 5.69 Å². The maximum absolute atomic E-state index is 12.7. The molecule has 0 atom stereocenters. The molecular weight excluding hydrogens is 462 g/mol. The molecule has 0 saturated carbocycles. The van der Waals surface area contributed by atoms with Crippen LogP contribution in [0.3, 0.4) is 0 Å². The average molecular weight is 482 g/mol. The molecule has 1 amide bonds. The molecule has 168 valence electrons. The number of aromatic nitrogens is 4. The number of halogens is 1. The summed E-state index contributed by atoms with van der Waals surface area (Å²) in [6, 6.07) is 16.3. The predicted octanol–water partition coefficient (Wildman–Crippen LogP) is 4.73. The molecule has 0 aliphatic rings. The number of thioether (sulfide) groups is 1. The standard InChI is InChI=1S/C23H20ClN5O3S/c1-31-18-8-9-19(20(12-18)32-2)26-21(30)14-33-23-28-27-22(15-5-4-10-25-13-15)29(23)17-7-3-6-16(24)11-17/h3-13H,14H2,1-2H3,(H,26,30). The first kappa shape index (κ1) is 22.6. The summed E-state index contributed by atoms with van der Waals surface area (Å²) in [6.07, 6.45) is 3.40. The normalized spacial score (nSPS) is 10.6. The summed E-state index contributed by atoms with van der Waals surface area (Å²) in [5.41, 5.74) is 2.13. The van der Waals surface area contributed by atoms with Crippen molar-refractivity contribution >= 4 is 35.0 Å². The van der Waals surface area contributed by atoms with E-state index in [4.69, 9.17) is 21.1 Å². The quantitative estimate of drug-likeness (QED) is 0.364. The highest BCUT2D eigenvalue weighted by molar-refractivity contribution is 7.99. The van der Waals surface area contributed by atoms with Crippen molar-refractivity contribution in [2.75, 3.05) is 25.3 Å². The number of hydrogen-bond acceptors (Lipinski definition) is 7. The first-order valence-corrected chi connectivity index (χ1v) is 11.2. The van der Waals surface area contributed by atoms with E-state index >= 15 is 0 Å². The third-order valence-electron chi connectivity index (χ3n) is 4.63.